The van der Waals surface area contributed by atoms with Gasteiger partial charge in [-0.25, -0.2) is 0 Å². The van der Waals surface area contributed by atoms with Gasteiger partial charge in [-0.2, -0.15) is 0 Å². The van der Waals surface area contributed by atoms with Gasteiger partial charge < -0.3 is 15.4 Å². The molecule has 0 rings (SSSR count). The summed E-state index contributed by atoms with van der Waals surface area (Å²) >= 11 is 0. The molecule has 3 heteroatoms. The van der Waals surface area contributed by atoms with Gasteiger partial charge in [-0.05, 0) is 19.4 Å². The fourth-order valence-corrected chi connectivity index (χ4v) is 1.07. The highest BCUT2D eigenvalue weighted by Gasteiger charge is 2.00. The fourth-order valence-electron chi connectivity index (χ4n) is 1.07. The van der Waals surface area contributed by atoms with Crippen LogP contribution in [0.5, 0.6) is 0 Å². The quantitative estimate of drug-likeness (QED) is 0.554. The summed E-state index contributed by atoms with van der Waals surface area (Å²) in [5.74, 6) is 0.728. The van der Waals surface area contributed by atoms with Gasteiger partial charge in [0.2, 0.25) is 0 Å². The third-order valence-corrected chi connectivity index (χ3v) is 1.80. The predicted octanol–water partition coefficient (Wildman–Crippen LogP) is 0.856. The van der Waals surface area contributed by atoms with E-state index in [9.17, 15) is 0 Å². The van der Waals surface area contributed by atoms with Crippen molar-refractivity contribution in [2.45, 2.75) is 26.8 Å². The molecule has 0 saturated carbocycles. The minimum atomic E-state index is 0.522. The van der Waals surface area contributed by atoms with Crippen LogP contribution in [-0.4, -0.2) is 39.4 Å². The Morgan fingerprint density at radius 3 is 2.38 bits per heavy atom. The Morgan fingerprint density at radius 1 is 1.15 bits per heavy atom. The number of hydrogen-bond acceptors (Lipinski definition) is 3. The minimum Gasteiger partial charge on any atom is -0.383 e. The number of nitrogens with one attached hydrogen (secondary N) is 2. The molecule has 80 valence electrons. The van der Waals surface area contributed by atoms with E-state index in [1.807, 2.05) is 0 Å². The van der Waals surface area contributed by atoms with Gasteiger partial charge in [-0.3, -0.25) is 0 Å². The fraction of sp³-hybridized carbons (Fsp3) is 1.00. The summed E-state index contributed by atoms with van der Waals surface area (Å²) in [5, 5.41) is 6.78. The first-order valence-electron chi connectivity index (χ1n) is 5.09. The summed E-state index contributed by atoms with van der Waals surface area (Å²) in [6.45, 7) is 10.5. The molecule has 0 radical (unpaired) electrons. The molecule has 0 bridgehead atoms. The van der Waals surface area contributed by atoms with E-state index < -0.39 is 0 Å². The summed E-state index contributed by atoms with van der Waals surface area (Å²) in [6.07, 6.45) is 0. The van der Waals surface area contributed by atoms with Crippen LogP contribution in [0.4, 0.5) is 0 Å². The van der Waals surface area contributed by atoms with E-state index in [1.54, 1.807) is 7.11 Å². The van der Waals surface area contributed by atoms with Crippen LogP contribution in [0.1, 0.15) is 20.8 Å². The van der Waals surface area contributed by atoms with Crippen LogP contribution in [0.3, 0.4) is 0 Å². The van der Waals surface area contributed by atoms with Gasteiger partial charge in [0.15, 0.2) is 0 Å². The van der Waals surface area contributed by atoms with Gasteiger partial charge in [-0.15, -0.1) is 0 Å². The number of ether oxygens (including phenoxy) is 1. The Hall–Kier alpha value is -0.120. The molecule has 0 aliphatic heterocycles. The van der Waals surface area contributed by atoms with Crippen LogP contribution in [0, 0.1) is 5.92 Å². The predicted molar refractivity (Wildman–Crippen MR) is 57.0 cm³/mol. The van der Waals surface area contributed by atoms with Crippen LogP contribution in [-0.2, 0) is 4.74 Å². The molecule has 0 aromatic heterocycles. The normalized spacial score (nSPS) is 13.6. The zero-order chi connectivity index (χ0) is 10.1. The van der Waals surface area contributed by atoms with Crippen molar-refractivity contribution in [3.63, 3.8) is 0 Å². The second-order valence-corrected chi connectivity index (χ2v) is 3.90. The van der Waals surface area contributed by atoms with Gasteiger partial charge in [-0.1, -0.05) is 13.8 Å². The van der Waals surface area contributed by atoms with Gasteiger partial charge in [0.05, 0.1) is 6.61 Å². The Labute approximate surface area is 82.2 Å². The molecule has 0 heterocycles. The second kappa shape index (κ2) is 8.48. The van der Waals surface area contributed by atoms with Crippen molar-refractivity contribution in [2.24, 2.45) is 5.92 Å². The first kappa shape index (κ1) is 12.9. The van der Waals surface area contributed by atoms with E-state index >= 15 is 0 Å². The minimum absolute atomic E-state index is 0.522. The molecule has 3 nitrogen and oxygen atoms in total. The largest absolute Gasteiger partial charge is 0.383 e. The number of rotatable bonds is 8. The third kappa shape index (κ3) is 9.80. The van der Waals surface area contributed by atoms with Crippen molar-refractivity contribution < 1.29 is 4.74 Å². The highest BCUT2D eigenvalue weighted by molar-refractivity contribution is 4.64. The molecule has 13 heavy (non-hydrogen) atoms. The van der Waals surface area contributed by atoms with E-state index in [1.165, 1.54) is 0 Å². The molecule has 0 saturated heterocycles. The van der Waals surface area contributed by atoms with E-state index in [4.69, 9.17) is 4.74 Å². The van der Waals surface area contributed by atoms with Crippen LogP contribution in [0.15, 0.2) is 0 Å². The standard InChI is InChI=1S/C10H24N2O/c1-9(2)7-11-8-10(3)12-5-6-13-4/h9-12H,5-8H2,1-4H3. The Morgan fingerprint density at radius 2 is 1.85 bits per heavy atom. The molecule has 0 aliphatic carbocycles. The van der Waals surface area contributed by atoms with Crippen LogP contribution in [0.2, 0.25) is 0 Å². The van der Waals surface area contributed by atoms with E-state index in [2.05, 4.69) is 31.4 Å². The molecular weight excluding hydrogens is 164 g/mol. The highest BCUT2D eigenvalue weighted by Crippen LogP contribution is 1.87. The lowest BCUT2D eigenvalue weighted by atomic mass is 10.2. The zero-order valence-corrected chi connectivity index (χ0v) is 9.39. The van der Waals surface area contributed by atoms with Crippen LogP contribution in [0.25, 0.3) is 0 Å². The van der Waals surface area contributed by atoms with Gasteiger partial charge in [0, 0.05) is 26.2 Å². The molecule has 0 aromatic rings. The van der Waals surface area contributed by atoms with Gasteiger partial charge >= 0.3 is 0 Å². The van der Waals surface area contributed by atoms with Crippen LogP contribution >= 0.6 is 0 Å². The van der Waals surface area contributed by atoms with Crippen molar-refractivity contribution in [3.05, 3.63) is 0 Å². The molecule has 0 aromatic carbocycles. The van der Waals surface area contributed by atoms with Crippen LogP contribution < -0.4 is 10.6 Å². The number of hydrogen-bond donors (Lipinski definition) is 2. The summed E-state index contributed by atoms with van der Waals surface area (Å²) in [4.78, 5) is 0. The maximum atomic E-state index is 4.95. The molecule has 2 N–H and O–H groups in total. The summed E-state index contributed by atoms with van der Waals surface area (Å²) in [5.41, 5.74) is 0. The molecule has 0 amide bonds. The van der Waals surface area contributed by atoms with Crippen molar-refractivity contribution in [2.75, 3.05) is 33.4 Å². The molecular formula is C10H24N2O. The third-order valence-electron chi connectivity index (χ3n) is 1.80. The second-order valence-electron chi connectivity index (χ2n) is 3.90. The SMILES string of the molecule is COCCNC(C)CNCC(C)C. The smallest absolute Gasteiger partial charge is 0.0587 e. The average molecular weight is 188 g/mol. The molecule has 0 spiro atoms. The van der Waals surface area contributed by atoms with Gasteiger partial charge in [0.25, 0.3) is 0 Å². The zero-order valence-electron chi connectivity index (χ0n) is 9.39. The summed E-state index contributed by atoms with van der Waals surface area (Å²) < 4.78 is 4.95. The first-order valence-corrected chi connectivity index (χ1v) is 5.09. The van der Waals surface area contributed by atoms with Crippen molar-refractivity contribution in [1.82, 2.24) is 10.6 Å². The monoisotopic (exact) mass is 188 g/mol. The van der Waals surface area contributed by atoms with E-state index in [0.29, 0.717) is 6.04 Å². The lowest BCUT2D eigenvalue weighted by Gasteiger charge is -2.15. The van der Waals surface area contributed by atoms with Gasteiger partial charge in [0.1, 0.15) is 0 Å². The lowest BCUT2D eigenvalue weighted by Crippen LogP contribution is -2.38. The maximum absolute atomic E-state index is 4.95. The lowest BCUT2D eigenvalue weighted by molar-refractivity contribution is 0.196. The van der Waals surface area contributed by atoms with Crippen molar-refractivity contribution >= 4 is 0 Å². The molecule has 0 aliphatic rings. The Bertz CT molecular complexity index is 107. The Balaban J connectivity index is 3.15. The topological polar surface area (TPSA) is 33.3 Å². The molecule has 1 atom stereocenters. The average Bonchev–Trinajstić information content (AvgIpc) is 2.04. The Kier molecular flexibility index (Phi) is 8.40. The maximum Gasteiger partial charge on any atom is 0.0587 e. The molecule has 1 unspecified atom stereocenters. The molecule has 0 fully saturated rings. The number of methoxy groups -OCH3 is 1. The summed E-state index contributed by atoms with van der Waals surface area (Å²) in [6, 6.07) is 0.522. The van der Waals surface area contributed by atoms with Crippen molar-refractivity contribution in [3.8, 4) is 0 Å². The van der Waals surface area contributed by atoms with E-state index in [-0.39, 0.29) is 0 Å². The highest BCUT2D eigenvalue weighted by atomic mass is 16.5. The summed E-state index contributed by atoms with van der Waals surface area (Å²) in [7, 11) is 1.73. The van der Waals surface area contributed by atoms with Crippen molar-refractivity contribution in [1.29, 1.82) is 0 Å². The first-order chi connectivity index (χ1) is 6.16. The van der Waals surface area contributed by atoms with E-state index in [0.717, 1.165) is 32.2 Å².